The molecule has 2 saturated carbocycles. The average molecular weight is 409 g/mol. The summed E-state index contributed by atoms with van der Waals surface area (Å²) in [5, 5.41) is 3.31. The van der Waals surface area contributed by atoms with Gasteiger partial charge in [-0.15, -0.1) is 0 Å². The van der Waals surface area contributed by atoms with Gasteiger partial charge in [0.25, 0.3) is 0 Å². The van der Waals surface area contributed by atoms with Crippen LogP contribution >= 0.6 is 11.6 Å². The molecular formula is C23H21ClN2O3. The normalized spacial score (nSPS) is 30.0. The fourth-order valence-electron chi connectivity index (χ4n) is 5.64. The summed E-state index contributed by atoms with van der Waals surface area (Å²) in [6.45, 7) is -0.233. The molecule has 2 aliphatic carbocycles. The number of halogens is 1. The van der Waals surface area contributed by atoms with Gasteiger partial charge < -0.3 is 5.32 Å². The first-order valence-electron chi connectivity index (χ1n) is 9.98. The van der Waals surface area contributed by atoms with Gasteiger partial charge in [0.1, 0.15) is 6.54 Å². The molecule has 0 aromatic heterocycles. The van der Waals surface area contributed by atoms with E-state index in [0.29, 0.717) is 16.6 Å². The fraction of sp³-hybridized carbons (Fsp3) is 0.348. The van der Waals surface area contributed by atoms with Crippen LogP contribution in [-0.4, -0.2) is 29.2 Å². The maximum absolute atomic E-state index is 13.1. The molecule has 148 valence electrons. The van der Waals surface area contributed by atoms with Crippen molar-refractivity contribution in [3.63, 3.8) is 0 Å². The standard InChI is InChI=1S/C23H21ClN2O3/c24-15-6-8-16(9-7-15)25-19(27)12-26-22(28)20-14-10-17(13-4-2-1-3-5-13)18(11-14)21(20)23(26)29/h1-9,14,17-18,20-21H,10-12H2,(H,25,27)/t14-,17-,18+,20+,21-/m0/s1. The van der Waals surface area contributed by atoms with Crippen LogP contribution in [0.25, 0.3) is 0 Å². The van der Waals surface area contributed by atoms with Crippen molar-refractivity contribution < 1.29 is 14.4 Å². The second-order valence-electron chi connectivity index (χ2n) is 8.28. The van der Waals surface area contributed by atoms with E-state index in [0.717, 1.165) is 12.8 Å². The summed E-state index contributed by atoms with van der Waals surface area (Å²) in [5.74, 6) is -0.526. The molecular weight excluding hydrogens is 388 g/mol. The molecule has 5 atom stereocenters. The fourth-order valence-corrected chi connectivity index (χ4v) is 5.76. The van der Waals surface area contributed by atoms with Crippen molar-refractivity contribution in [1.29, 1.82) is 0 Å². The predicted molar refractivity (Wildman–Crippen MR) is 109 cm³/mol. The first-order chi connectivity index (χ1) is 14.0. The van der Waals surface area contributed by atoms with Crippen molar-refractivity contribution in [3.8, 4) is 0 Å². The maximum atomic E-state index is 13.1. The monoisotopic (exact) mass is 408 g/mol. The number of imide groups is 1. The Morgan fingerprint density at radius 3 is 2.38 bits per heavy atom. The average Bonchev–Trinajstić information content (AvgIpc) is 3.38. The van der Waals surface area contributed by atoms with E-state index in [1.165, 1.54) is 10.5 Å². The Kier molecular flexibility index (Phi) is 4.43. The Balaban J connectivity index is 1.31. The van der Waals surface area contributed by atoms with Gasteiger partial charge in [-0.3, -0.25) is 19.3 Å². The van der Waals surface area contributed by atoms with Crippen molar-refractivity contribution in [2.75, 3.05) is 11.9 Å². The van der Waals surface area contributed by atoms with Gasteiger partial charge in [0.05, 0.1) is 11.8 Å². The highest BCUT2D eigenvalue weighted by molar-refractivity contribution is 6.30. The van der Waals surface area contributed by atoms with Crippen molar-refractivity contribution in [3.05, 3.63) is 65.2 Å². The van der Waals surface area contributed by atoms with Crippen LogP contribution in [0.5, 0.6) is 0 Å². The zero-order chi connectivity index (χ0) is 20.1. The number of anilines is 1. The smallest absolute Gasteiger partial charge is 0.244 e. The molecule has 1 heterocycles. The number of nitrogens with one attached hydrogen (secondary N) is 1. The number of rotatable bonds is 4. The van der Waals surface area contributed by atoms with Gasteiger partial charge in [-0.2, -0.15) is 0 Å². The largest absolute Gasteiger partial charge is 0.325 e. The highest BCUT2D eigenvalue weighted by atomic mass is 35.5. The molecule has 5 rings (SSSR count). The number of benzene rings is 2. The number of fused-ring (bicyclic) bond motifs is 5. The molecule has 0 unspecified atom stereocenters. The molecule has 1 N–H and O–H groups in total. The molecule has 29 heavy (non-hydrogen) atoms. The molecule has 1 aliphatic heterocycles. The summed E-state index contributed by atoms with van der Waals surface area (Å²) < 4.78 is 0. The summed E-state index contributed by atoms with van der Waals surface area (Å²) in [4.78, 5) is 39.7. The topological polar surface area (TPSA) is 66.5 Å². The SMILES string of the molecule is O=C(CN1C(=O)[C@@H]2[C@@H]3C[C@@H]([C@@H]2C1=O)[C@H](c1ccccc1)C3)Nc1ccc(Cl)cc1. The van der Waals surface area contributed by atoms with E-state index in [9.17, 15) is 14.4 Å². The Bertz CT molecular complexity index is 975. The highest BCUT2D eigenvalue weighted by Crippen LogP contribution is 2.61. The Morgan fingerprint density at radius 2 is 1.66 bits per heavy atom. The van der Waals surface area contributed by atoms with Crippen molar-refractivity contribution in [1.82, 2.24) is 4.90 Å². The summed E-state index contributed by atoms with van der Waals surface area (Å²) in [6, 6.07) is 17.0. The number of amides is 3. The summed E-state index contributed by atoms with van der Waals surface area (Å²) in [5.41, 5.74) is 1.83. The van der Waals surface area contributed by atoms with Crippen LogP contribution in [0, 0.1) is 23.7 Å². The minimum Gasteiger partial charge on any atom is -0.325 e. The molecule has 0 spiro atoms. The Labute approximate surface area is 174 Å². The Hall–Kier alpha value is -2.66. The van der Waals surface area contributed by atoms with E-state index >= 15 is 0 Å². The molecule has 5 nitrogen and oxygen atoms in total. The molecule has 3 fully saturated rings. The lowest BCUT2D eigenvalue weighted by molar-refractivity contribution is -0.143. The maximum Gasteiger partial charge on any atom is 0.244 e. The number of likely N-dealkylation sites (tertiary alicyclic amines) is 1. The number of nitrogens with zero attached hydrogens (tertiary/aromatic N) is 1. The van der Waals surface area contributed by atoms with Crippen LogP contribution in [0.2, 0.25) is 5.02 Å². The lowest BCUT2D eigenvalue weighted by Gasteiger charge is -2.28. The zero-order valence-corrected chi connectivity index (χ0v) is 16.5. The van der Waals surface area contributed by atoms with E-state index in [1.54, 1.807) is 24.3 Å². The summed E-state index contributed by atoms with van der Waals surface area (Å²) in [7, 11) is 0. The van der Waals surface area contributed by atoms with Gasteiger partial charge in [-0.05, 0) is 60.4 Å². The first-order valence-corrected chi connectivity index (χ1v) is 10.4. The number of carbonyl (C=O) groups is 3. The van der Waals surface area contributed by atoms with E-state index < -0.39 is 0 Å². The van der Waals surface area contributed by atoms with Gasteiger partial charge in [0.15, 0.2) is 0 Å². The molecule has 3 aliphatic rings. The third-order valence-electron chi connectivity index (χ3n) is 6.76. The second-order valence-corrected chi connectivity index (χ2v) is 8.72. The summed E-state index contributed by atoms with van der Waals surface area (Å²) >= 11 is 5.86. The third kappa shape index (κ3) is 3.04. The molecule has 2 aromatic carbocycles. The van der Waals surface area contributed by atoms with Gasteiger partial charge in [-0.25, -0.2) is 0 Å². The van der Waals surface area contributed by atoms with Crippen molar-refractivity contribution >= 4 is 35.0 Å². The highest BCUT2D eigenvalue weighted by Gasteiger charge is 2.63. The predicted octanol–water partition coefficient (Wildman–Crippen LogP) is 3.70. The van der Waals surface area contributed by atoms with Crippen LogP contribution in [0.3, 0.4) is 0 Å². The lowest BCUT2D eigenvalue weighted by atomic mass is 9.73. The molecule has 2 aromatic rings. The van der Waals surface area contributed by atoms with Gasteiger partial charge in [0.2, 0.25) is 17.7 Å². The minimum atomic E-state index is -0.374. The molecule has 0 radical (unpaired) electrons. The van der Waals surface area contributed by atoms with Crippen LogP contribution < -0.4 is 5.32 Å². The van der Waals surface area contributed by atoms with Crippen molar-refractivity contribution in [2.45, 2.75) is 18.8 Å². The van der Waals surface area contributed by atoms with E-state index in [-0.39, 0.29) is 47.9 Å². The van der Waals surface area contributed by atoms with E-state index in [1.807, 2.05) is 18.2 Å². The zero-order valence-electron chi connectivity index (χ0n) is 15.8. The van der Waals surface area contributed by atoms with Crippen LogP contribution in [0.4, 0.5) is 5.69 Å². The first kappa shape index (κ1) is 18.4. The number of hydrogen-bond donors (Lipinski definition) is 1. The number of carbonyl (C=O) groups excluding carboxylic acids is 3. The molecule has 6 heteroatoms. The van der Waals surface area contributed by atoms with Crippen LogP contribution in [-0.2, 0) is 14.4 Å². The number of hydrogen-bond acceptors (Lipinski definition) is 3. The molecule has 3 amide bonds. The van der Waals surface area contributed by atoms with Crippen LogP contribution in [0.1, 0.15) is 24.3 Å². The third-order valence-corrected chi connectivity index (χ3v) is 7.02. The van der Waals surface area contributed by atoms with E-state index in [2.05, 4.69) is 17.4 Å². The summed E-state index contributed by atoms with van der Waals surface area (Å²) in [6.07, 6.45) is 1.87. The van der Waals surface area contributed by atoms with Crippen LogP contribution in [0.15, 0.2) is 54.6 Å². The van der Waals surface area contributed by atoms with Gasteiger partial charge >= 0.3 is 0 Å². The second kappa shape index (κ2) is 6.99. The van der Waals surface area contributed by atoms with Crippen molar-refractivity contribution in [2.24, 2.45) is 23.7 Å². The minimum absolute atomic E-state index is 0.176. The van der Waals surface area contributed by atoms with E-state index in [4.69, 9.17) is 11.6 Å². The van der Waals surface area contributed by atoms with Gasteiger partial charge in [-0.1, -0.05) is 41.9 Å². The molecule has 1 saturated heterocycles. The lowest BCUT2D eigenvalue weighted by Crippen LogP contribution is -2.39. The Morgan fingerprint density at radius 1 is 0.966 bits per heavy atom. The quantitative estimate of drug-likeness (QED) is 0.784. The van der Waals surface area contributed by atoms with Gasteiger partial charge in [0, 0.05) is 10.7 Å². The molecule has 2 bridgehead atoms.